The minimum Gasteiger partial charge on any atom is -0.0985 e. The Morgan fingerprint density at radius 1 is 1.14 bits per heavy atom. The molecule has 0 heteroatoms. The highest BCUT2D eigenvalue weighted by Crippen LogP contribution is 2.35. The first kappa shape index (κ1) is 26.2. The Hall–Kier alpha value is -1.82. The van der Waals surface area contributed by atoms with E-state index in [4.69, 9.17) is 0 Å². The van der Waals surface area contributed by atoms with Gasteiger partial charge in [-0.05, 0) is 84.4 Å². The third-order valence-electron chi connectivity index (χ3n) is 6.21. The fraction of sp³-hybridized carbons (Fsp3) is 0.500. The van der Waals surface area contributed by atoms with Gasteiger partial charge in [0.2, 0.25) is 0 Å². The molecule has 0 aromatic heterocycles. The second kappa shape index (κ2) is 11.9. The molecule has 0 aliphatic heterocycles. The lowest BCUT2D eigenvalue weighted by atomic mass is 9.74. The Morgan fingerprint density at radius 2 is 1.68 bits per heavy atom. The Kier molecular flexibility index (Phi) is 11.1. The first-order chi connectivity index (χ1) is 13.1. The van der Waals surface area contributed by atoms with E-state index in [1.165, 1.54) is 34.2 Å². The lowest BCUT2D eigenvalue weighted by Gasteiger charge is -2.31. The maximum Gasteiger partial charge on any atom is -0.0192 e. The maximum atomic E-state index is 4.23. The molecule has 0 fully saturated rings. The molecule has 0 nitrogen and oxygen atoms in total. The SMILES string of the molecule is C=C/C(=C/C)C(=C)/C=C(\C)c1cc(C)c(C)cc1CC(C)C(C)(C)CC.CC. The van der Waals surface area contributed by atoms with Crippen molar-refractivity contribution in [3.63, 3.8) is 0 Å². The van der Waals surface area contributed by atoms with Crippen LogP contribution in [0.3, 0.4) is 0 Å². The molecule has 1 aromatic rings. The van der Waals surface area contributed by atoms with Gasteiger partial charge in [-0.25, -0.2) is 0 Å². The molecular formula is C28H44. The summed E-state index contributed by atoms with van der Waals surface area (Å²) < 4.78 is 0. The smallest absolute Gasteiger partial charge is 0.0192 e. The van der Waals surface area contributed by atoms with Gasteiger partial charge in [0, 0.05) is 0 Å². The van der Waals surface area contributed by atoms with Crippen LogP contribution in [0.5, 0.6) is 0 Å². The molecule has 0 saturated heterocycles. The average molecular weight is 381 g/mol. The molecule has 1 unspecified atom stereocenters. The van der Waals surface area contributed by atoms with Crippen LogP contribution in [0.15, 0.2) is 54.7 Å². The summed E-state index contributed by atoms with van der Waals surface area (Å²) >= 11 is 0. The highest BCUT2D eigenvalue weighted by Gasteiger charge is 2.25. The summed E-state index contributed by atoms with van der Waals surface area (Å²) in [7, 11) is 0. The predicted molar refractivity (Wildman–Crippen MR) is 131 cm³/mol. The third-order valence-corrected chi connectivity index (χ3v) is 6.21. The molecule has 28 heavy (non-hydrogen) atoms. The van der Waals surface area contributed by atoms with E-state index in [-0.39, 0.29) is 0 Å². The first-order valence-corrected chi connectivity index (χ1v) is 10.8. The zero-order chi connectivity index (χ0) is 22.1. The molecule has 0 aliphatic rings. The normalized spacial score (nSPS) is 13.5. The van der Waals surface area contributed by atoms with E-state index in [2.05, 4.69) is 85.9 Å². The van der Waals surface area contributed by atoms with Crippen molar-refractivity contribution in [3.05, 3.63) is 76.9 Å². The monoisotopic (exact) mass is 380 g/mol. The number of rotatable bonds is 8. The summed E-state index contributed by atoms with van der Waals surface area (Å²) in [5, 5.41) is 0. The third kappa shape index (κ3) is 6.97. The van der Waals surface area contributed by atoms with E-state index in [1.54, 1.807) is 0 Å². The molecule has 0 amide bonds. The van der Waals surface area contributed by atoms with E-state index in [1.807, 2.05) is 26.8 Å². The van der Waals surface area contributed by atoms with E-state index in [9.17, 15) is 0 Å². The van der Waals surface area contributed by atoms with Crippen molar-refractivity contribution in [1.82, 2.24) is 0 Å². The van der Waals surface area contributed by atoms with Crippen LogP contribution in [-0.2, 0) is 6.42 Å². The zero-order valence-corrected chi connectivity index (χ0v) is 20.3. The van der Waals surface area contributed by atoms with Gasteiger partial charge in [-0.15, -0.1) is 0 Å². The van der Waals surface area contributed by atoms with Gasteiger partial charge in [-0.3, -0.25) is 0 Å². The first-order valence-electron chi connectivity index (χ1n) is 10.8. The van der Waals surface area contributed by atoms with E-state index in [0.29, 0.717) is 11.3 Å². The van der Waals surface area contributed by atoms with Crippen LogP contribution >= 0.6 is 0 Å². The summed E-state index contributed by atoms with van der Waals surface area (Å²) in [6.07, 6.45) is 8.43. The van der Waals surface area contributed by atoms with Crippen LogP contribution in [0.25, 0.3) is 5.57 Å². The second-order valence-corrected chi connectivity index (χ2v) is 8.34. The molecule has 0 bridgehead atoms. The number of aryl methyl sites for hydroxylation is 2. The highest BCUT2D eigenvalue weighted by molar-refractivity contribution is 5.72. The zero-order valence-electron chi connectivity index (χ0n) is 20.3. The highest BCUT2D eigenvalue weighted by atomic mass is 14.3. The Morgan fingerprint density at radius 3 is 2.14 bits per heavy atom. The summed E-state index contributed by atoms with van der Waals surface area (Å²) in [5.41, 5.74) is 9.25. The number of hydrogen-bond donors (Lipinski definition) is 0. The molecule has 1 atom stereocenters. The topological polar surface area (TPSA) is 0 Å². The van der Waals surface area contributed by atoms with Gasteiger partial charge in [0.25, 0.3) is 0 Å². The van der Waals surface area contributed by atoms with E-state index >= 15 is 0 Å². The van der Waals surface area contributed by atoms with Crippen molar-refractivity contribution in [2.45, 2.75) is 82.1 Å². The van der Waals surface area contributed by atoms with Crippen LogP contribution < -0.4 is 0 Å². The molecule has 1 aromatic carbocycles. The van der Waals surface area contributed by atoms with Crippen LogP contribution in [0.1, 0.15) is 84.1 Å². The minimum absolute atomic E-state index is 0.345. The summed E-state index contributed by atoms with van der Waals surface area (Å²) in [4.78, 5) is 0. The fourth-order valence-corrected chi connectivity index (χ4v) is 3.22. The van der Waals surface area contributed by atoms with Gasteiger partial charge in [0.1, 0.15) is 0 Å². The van der Waals surface area contributed by atoms with Gasteiger partial charge in [0.05, 0.1) is 0 Å². The van der Waals surface area contributed by atoms with Crippen LogP contribution in [0.4, 0.5) is 0 Å². The van der Waals surface area contributed by atoms with Crippen LogP contribution in [0.2, 0.25) is 0 Å². The molecule has 0 spiro atoms. The summed E-state index contributed by atoms with van der Waals surface area (Å²) in [5.74, 6) is 0.628. The molecule has 0 N–H and O–H groups in total. The van der Waals surface area contributed by atoms with Crippen molar-refractivity contribution in [3.8, 4) is 0 Å². The minimum atomic E-state index is 0.345. The van der Waals surface area contributed by atoms with Crippen LogP contribution in [-0.4, -0.2) is 0 Å². The van der Waals surface area contributed by atoms with E-state index < -0.39 is 0 Å². The number of benzene rings is 1. The average Bonchev–Trinajstić information content (AvgIpc) is 2.66. The van der Waals surface area contributed by atoms with Crippen molar-refractivity contribution in [2.24, 2.45) is 11.3 Å². The van der Waals surface area contributed by atoms with Gasteiger partial charge < -0.3 is 0 Å². The predicted octanol–water partition coefficient (Wildman–Crippen LogP) is 9.04. The number of allylic oxidation sites excluding steroid dienone is 6. The quantitative estimate of drug-likeness (QED) is 0.394. The Bertz CT molecular complexity index is 723. The molecule has 0 radical (unpaired) electrons. The number of hydrogen-bond acceptors (Lipinski definition) is 0. The fourth-order valence-electron chi connectivity index (χ4n) is 3.22. The molecular weight excluding hydrogens is 336 g/mol. The van der Waals surface area contributed by atoms with Gasteiger partial charge in [-0.2, -0.15) is 0 Å². The van der Waals surface area contributed by atoms with E-state index in [0.717, 1.165) is 17.6 Å². The van der Waals surface area contributed by atoms with Gasteiger partial charge in [0.15, 0.2) is 0 Å². The lowest BCUT2D eigenvalue weighted by Crippen LogP contribution is -2.23. The van der Waals surface area contributed by atoms with Crippen molar-refractivity contribution in [2.75, 3.05) is 0 Å². The van der Waals surface area contributed by atoms with Crippen molar-refractivity contribution in [1.29, 1.82) is 0 Å². The molecule has 0 aliphatic carbocycles. The van der Waals surface area contributed by atoms with Crippen molar-refractivity contribution < 1.29 is 0 Å². The summed E-state index contributed by atoms with van der Waals surface area (Å²) in [6.45, 7) is 30.2. The Labute approximate surface area is 176 Å². The van der Waals surface area contributed by atoms with Crippen LogP contribution in [0, 0.1) is 25.2 Å². The largest absolute Gasteiger partial charge is 0.0985 e. The van der Waals surface area contributed by atoms with Crippen molar-refractivity contribution >= 4 is 5.57 Å². The maximum absolute atomic E-state index is 4.23. The standard InChI is InChI=1S/C26H38.C2H6/c1-11-23(12-2)20(6)14-21(7)25-16-19(5)18(4)15-24(25)17-22(8)26(9,10)13-3;1-2/h11-12,14-16,22H,1,6,13,17H2,2-5,7-10H3;1-2H3/b21-14+,23-12-;. The Balaban J connectivity index is 0.00000352. The van der Waals surface area contributed by atoms with Gasteiger partial charge >= 0.3 is 0 Å². The second-order valence-electron chi connectivity index (χ2n) is 8.34. The molecule has 1 rings (SSSR count). The molecule has 0 saturated carbocycles. The van der Waals surface area contributed by atoms with Gasteiger partial charge in [-0.1, -0.05) is 91.5 Å². The summed E-state index contributed by atoms with van der Waals surface area (Å²) in [6, 6.07) is 4.73. The molecule has 156 valence electrons. The molecule has 0 heterocycles. The lowest BCUT2D eigenvalue weighted by molar-refractivity contribution is 0.220.